The van der Waals surface area contributed by atoms with Gasteiger partial charge in [-0.25, -0.2) is 5.84 Å². The van der Waals surface area contributed by atoms with Crippen molar-refractivity contribution in [3.05, 3.63) is 0 Å². The average Bonchev–Trinajstić information content (AvgIpc) is 2.79. The number of aliphatic hydroxyl groups excluding tert-OH is 7. The van der Waals surface area contributed by atoms with Gasteiger partial charge in [-0.3, -0.25) is 10.2 Å². The molecule has 2 saturated heterocycles. The van der Waals surface area contributed by atoms with Gasteiger partial charge in [-0.15, -0.1) is 0 Å². The summed E-state index contributed by atoms with van der Waals surface area (Å²) in [6.07, 6.45) is -13.0. The highest BCUT2D eigenvalue weighted by molar-refractivity contribution is 5.75. The lowest BCUT2D eigenvalue weighted by molar-refractivity contribution is -0.367. The number of ether oxygens (including phenoxy) is 4. The Morgan fingerprint density at radius 2 is 1.41 bits per heavy atom. The fourth-order valence-corrected chi connectivity index (χ4v) is 3.51. The van der Waals surface area contributed by atoms with Crippen molar-refractivity contribution in [1.82, 2.24) is 5.43 Å². The minimum atomic E-state index is -1.73. The molecular weight excluding hydrogens is 436 g/mol. The SMILES string of the molecule is NNC(=O)CCCCCO[C@H]1O[C@H](CO)[C@@H](O)[C@H](O)[C@H]1O[C@H]1O[C@H](CO)[C@@H](O)[C@H](O)[C@H]1O. The van der Waals surface area contributed by atoms with E-state index in [9.17, 15) is 40.5 Å². The monoisotopic (exact) mass is 470 g/mol. The highest BCUT2D eigenvalue weighted by Crippen LogP contribution is 2.29. The smallest absolute Gasteiger partial charge is 0.233 e. The zero-order valence-corrected chi connectivity index (χ0v) is 17.5. The van der Waals surface area contributed by atoms with E-state index in [0.717, 1.165) is 0 Å². The van der Waals surface area contributed by atoms with Crippen LogP contribution in [0.15, 0.2) is 0 Å². The predicted octanol–water partition coefficient (Wildman–Crippen LogP) is -4.82. The van der Waals surface area contributed by atoms with Crippen molar-refractivity contribution in [3.8, 4) is 0 Å². The average molecular weight is 470 g/mol. The number of nitrogens with two attached hydrogens (primary N) is 1. The summed E-state index contributed by atoms with van der Waals surface area (Å²) in [7, 11) is 0. The molecule has 2 heterocycles. The number of amides is 1. The van der Waals surface area contributed by atoms with Gasteiger partial charge in [0.15, 0.2) is 12.6 Å². The third-order valence-corrected chi connectivity index (χ3v) is 5.46. The first-order chi connectivity index (χ1) is 15.2. The second-order valence-electron chi connectivity index (χ2n) is 7.75. The van der Waals surface area contributed by atoms with Crippen LogP contribution < -0.4 is 11.3 Å². The van der Waals surface area contributed by atoms with Gasteiger partial charge >= 0.3 is 0 Å². The number of hydrogen-bond acceptors (Lipinski definition) is 13. The van der Waals surface area contributed by atoms with E-state index in [0.29, 0.717) is 19.3 Å². The second kappa shape index (κ2) is 13.0. The fraction of sp³-hybridized carbons (Fsp3) is 0.944. The molecule has 1 amide bonds. The van der Waals surface area contributed by atoms with E-state index in [2.05, 4.69) is 0 Å². The third-order valence-electron chi connectivity index (χ3n) is 5.46. The van der Waals surface area contributed by atoms with Gasteiger partial charge in [0.05, 0.1) is 13.2 Å². The Hall–Kier alpha value is -1.01. The van der Waals surface area contributed by atoms with E-state index >= 15 is 0 Å². The molecule has 0 bridgehead atoms. The summed E-state index contributed by atoms with van der Waals surface area (Å²) < 4.78 is 21.9. The maximum atomic E-state index is 11.1. The summed E-state index contributed by atoms with van der Waals surface area (Å²) in [6.45, 7) is -1.17. The quantitative estimate of drug-likeness (QED) is 0.0597. The summed E-state index contributed by atoms with van der Waals surface area (Å²) in [6, 6.07) is 0. The molecule has 0 spiro atoms. The first-order valence-corrected chi connectivity index (χ1v) is 10.4. The number of aliphatic hydroxyl groups is 7. The highest BCUT2D eigenvalue weighted by Gasteiger charge is 2.50. The molecule has 14 heteroatoms. The maximum absolute atomic E-state index is 11.1. The Morgan fingerprint density at radius 3 is 2.00 bits per heavy atom. The van der Waals surface area contributed by atoms with Gasteiger partial charge in [0, 0.05) is 13.0 Å². The lowest BCUT2D eigenvalue weighted by Gasteiger charge is -2.45. The summed E-state index contributed by atoms with van der Waals surface area (Å²) >= 11 is 0. The fourth-order valence-electron chi connectivity index (χ4n) is 3.51. The van der Waals surface area contributed by atoms with E-state index in [-0.39, 0.29) is 18.9 Å². The largest absolute Gasteiger partial charge is 0.394 e. The van der Waals surface area contributed by atoms with Gasteiger partial charge < -0.3 is 54.7 Å². The predicted molar refractivity (Wildman–Crippen MR) is 103 cm³/mol. The van der Waals surface area contributed by atoms with E-state index in [1.807, 2.05) is 5.43 Å². The lowest BCUT2D eigenvalue weighted by Crippen LogP contribution is -2.64. The zero-order valence-electron chi connectivity index (χ0n) is 17.5. The Labute approximate surface area is 184 Å². The Kier molecular flexibility index (Phi) is 11.1. The summed E-state index contributed by atoms with van der Waals surface area (Å²) in [5, 5.41) is 69.4. The van der Waals surface area contributed by atoms with Crippen LogP contribution in [0, 0.1) is 0 Å². The molecule has 2 fully saturated rings. The summed E-state index contributed by atoms with van der Waals surface area (Å²) in [4.78, 5) is 11.1. The Bertz CT molecular complexity index is 570. The molecule has 0 aromatic carbocycles. The van der Waals surface area contributed by atoms with Crippen LogP contribution in [0.1, 0.15) is 25.7 Å². The van der Waals surface area contributed by atoms with Crippen LogP contribution >= 0.6 is 0 Å². The second-order valence-corrected chi connectivity index (χ2v) is 7.75. The zero-order chi connectivity index (χ0) is 23.8. The third kappa shape index (κ3) is 6.75. The molecule has 2 aliphatic rings. The van der Waals surface area contributed by atoms with Crippen molar-refractivity contribution in [2.24, 2.45) is 5.84 Å². The molecule has 0 aromatic heterocycles. The number of carbonyl (C=O) groups excluding carboxylic acids is 1. The number of rotatable bonds is 11. The summed E-state index contributed by atoms with van der Waals surface area (Å²) in [5.74, 6) is 4.71. The molecule has 188 valence electrons. The number of unbranched alkanes of at least 4 members (excludes halogenated alkanes) is 2. The van der Waals surface area contributed by atoms with Gasteiger partial charge in [0.1, 0.15) is 48.8 Å². The molecule has 2 rings (SSSR count). The van der Waals surface area contributed by atoms with E-state index < -0.39 is 74.6 Å². The first kappa shape index (κ1) is 27.2. The standard InChI is InChI=1S/C18H34N2O12/c19-20-10(23)4-2-1-3-5-29-18-16(14(27)12(25)9(7-22)31-18)32-17-15(28)13(26)11(24)8(6-21)30-17/h8-9,11-18,21-22,24-28H,1-7,19H2,(H,20,23)/t8-,9-,11-,12-,13+,14+,15-,16-,17-,18+/m1/s1. The normalized spacial score (nSPS) is 40.2. The van der Waals surface area contributed by atoms with Crippen LogP contribution in [0.2, 0.25) is 0 Å². The molecule has 0 aromatic rings. The van der Waals surface area contributed by atoms with E-state index in [1.54, 1.807) is 0 Å². The van der Waals surface area contributed by atoms with Crippen LogP contribution in [0.5, 0.6) is 0 Å². The van der Waals surface area contributed by atoms with Crippen LogP contribution in [-0.2, 0) is 23.7 Å². The molecule has 32 heavy (non-hydrogen) atoms. The molecular formula is C18H34N2O12. The number of hydrazine groups is 1. The van der Waals surface area contributed by atoms with Crippen molar-refractivity contribution in [2.75, 3.05) is 19.8 Å². The van der Waals surface area contributed by atoms with Crippen molar-refractivity contribution in [3.63, 3.8) is 0 Å². The minimum Gasteiger partial charge on any atom is -0.394 e. The number of carbonyl (C=O) groups is 1. The number of nitrogens with one attached hydrogen (secondary N) is 1. The van der Waals surface area contributed by atoms with Crippen LogP contribution in [0.25, 0.3) is 0 Å². The number of hydrogen-bond donors (Lipinski definition) is 9. The van der Waals surface area contributed by atoms with Gasteiger partial charge in [-0.1, -0.05) is 6.42 Å². The molecule has 2 aliphatic heterocycles. The Morgan fingerprint density at radius 1 is 0.812 bits per heavy atom. The topological polar surface area (TPSA) is 234 Å². The molecule has 0 unspecified atom stereocenters. The highest BCUT2D eigenvalue weighted by atomic mass is 16.8. The molecule has 10 N–H and O–H groups in total. The van der Waals surface area contributed by atoms with Crippen LogP contribution in [0.3, 0.4) is 0 Å². The molecule has 0 saturated carbocycles. The minimum absolute atomic E-state index is 0.115. The maximum Gasteiger partial charge on any atom is 0.233 e. The van der Waals surface area contributed by atoms with E-state index in [4.69, 9.17) is 24.8 Å². The molecule has 0 radical (unpaired) electrons. The summed E-state index contributed by atoms with van der Waals surface area (Å²) in [5.41, 5.74) is 2.03. The van der Waals surface area contributed by atoms with E-state index in [1.165, 1.54) is 0 Å². The van der Waals surface area contributed by atoms with Crippen LogP contribution in [-0.4, -0.2) is 123 Å². The molecule has 14 nitrogen and oxygen atoms in total. The van der Waals surface area contributed by atoms with Gasteiger partial charge in [0.25, 0.3) is 0 Å². The molecule has 10 atom stereocenters. The van der Waals surface area contributed by atoms with Crippen molar-refractivity contribution < 1.29 is 59.5 Å². The Balaban J connectivity index is 1.99. The first-order valence-electron chi connectivity index (χ1n) is 10.4. The van der Waals surface area contributed by atoms with Crippen molar-refractivity contribution in [1.29, 1.82) is 0 Å². The van der Waals surface area contributed by atoms with Gasteiger partial charge in [-0.05, 0) is 12.8 Å². The lowest BCUT2D eigenvalue weighted by atomic mass is 9.97. The van der Waals surface area contributed by atoms with Crippen molar-refractivity contribution in [2.45, 2.75) is 87.1 Å². The van der Waals surface area contributed by atoms with Crippen molar-refractivity contribution >= 4 is 5.91 Å². The molecule has 0 aliphatic carbocycles. The van der Waals surface area contributed by atoms with Gasteiger partial charge in [-0.2, -0.15) is 0 Å². The van der Waals surface area contributed by atoms with Crippen LogP contribution in [0.4, 0.5) is 0 Å². The van der Waals surface area contributed by atoms with Gasteiger partial charge in [0.2, 0.25) is 5.91 Å².